The van der Waals surface area contributed by atoms with E-state index in [1.165, 1.54) is 6.07 Å². The molecular weight excluding hydrogens is 443 g/mol. The fraction of sp³-hybridized carbons (Fsp3) is 0.458. The van der Waals surface area contributed by atoms with Crippen LogP contribution in [0.3, 0.4) is 0 Å². The molecule has 1 amide bonds. The number of nitrogens with one attached hydrogen (secondary N) is 1. The lowest BCUT2D eigenvalue weighted by Gasteiger charge is -2.36. The van der Waals surface area contributed by atoms with Gasteiger partial charge in [-0.3, -0.25) is 9.69 Å². The van der Waals surface area contributed by atoms with Gasteiger partial charge in [0.05, 0.1) is 10.6 Å². The zero-order chi connectivity index (χ0) is 23.4. The lowest BCUT2D eigenvalue weighted by Crippen LogP contribution is -2.47. The molecule has 0 bridgehead atoms. The SMILES string of the molecule is CCC(=O)N1CCc2cc(S(=O)(=O)NCCCN3CCN(c4ccccc4F)CC3)ccc21. The predicted octanol–water partition coefficient (Wildman–Crippen LogP) is 2.62. The Labute approximate surface area is 195 Å². The standard InChI is InChI=1S/C24H31FN4O3S/c1-2-24(30)29-13-10-19-18-20(8-9-22(19)29)33(31,32)26-11-5-12-27-14-16-28(17-15-27)23-7-4-3-6-21(23)25/h3-4,6-9,18,26H,2,5,10-17H2,1H3. The Morgan fingerprint density at radius 1 is 1.03 bits per heavy atom. The largest absolute Gasteiger partial charge is 0.367 e. The predicted molar refractivity (Wildman–Crippen MR) is 128 cm³/mol. The fourth-order valence-corrected chi connectivity index (χ4v) is 5.63. The number of rotatable bonds is 8. The zero-order valence-corrected chi connectivity index (χ0v) is 19.8. The number of halogens is 1. The van der Waals surface area contributed by atoms with E-state index in [4.69, 9.17) is 0 Å². The second-order valence-electron chi connectivity index (χ2n) is 8.47. The van der Waals surface area contributed by atoms with Gasteiger partial charge in [-0.2, -0.15) is 0 Å². The smallest absolute Gasteiger partial charge is 0.240 e. The van der Waals surface area contributed by atoms with Crippen molar-refractivity contribution in [1.29, 1.82) is 0 Å². The number of benzene rings is 2. The van der Waals surface area contributed by atoms with Crippen LogP contribution in [0.5, 0.6) is 0 Å². The molecule has 33 heavy (non-hydrogen) atoms. The number of piperazine rings is 1. The summed E-state index contributed by atoms with van der Waals surface area (Å²) in [6.07, 6.45) is 1.80. The van der Waals surface area contributed by atoms with Crippen LogP contribution in [0.1, 0.15) is 25.3 Å². The monoisotopic (exact) mass is 474 g/mol. The molecule has 0 aliphatic carbocycles. The van der Waals surface area contributed by atoms with Crippen molar-refractivity contribution in [3.63, 3.8) is 0 Å². The van der Waals surface area contributed by atoms with E-state index in [1.807, 2.05) is 13.0 Å². The molecule has 4 rings (SSSR count). The second kappa shape index (κ2) is 10.2. The highest BCUT2D eigenvalue weighted by Gasteiger charge is 2.26. The minimum atomic E-state index is -3.60. The van der Waals surface area contributed by atoms with Crippen LogP contribution in [0.15, 0.2) is 47.4 Å². The highest BCUT2D eigenvalue weighted by atomic mass is 32.2. The molecule has 2 aliphatic rings. The molecule has 0 radical (unpaired) electrons. The van der Waals surface area contributed by atoms with E-state index < -0.39 is 10.0 Å². The molecule has 178 valence electrons. The van der Waals surface area contributed by atoms with E-state index in [-0.39, 0.29) is 16.6 Å². The Bertz CT molecular complexity index is 1100. The van der Waals surface area contributed by atoms with Crippen LogP contribution in [0.2, 0.25) is 0 Å². The first-order chi connectivity index (χ1) is 15.9. The Kier molecular flexibility index (Phi) is 7.31. The summed E-state index contributed by atoms with van der Waals surface area (Å²) >= 11 is 0. The van der Waals surface area contributed by atoms with Crippen molar-refractivity contribution in [2.24, 2.45) is 0 Å². The van der Waals surface area contributed by atoms with E-state index in [0.29, 0.717) is 38.0 Å². The van der Waals surface area contributed by atoms with E-state index in [9.17, 15) is 17.6 Å². The van der Waals surface area contributed by atoms with Crippen molar-refractivity contribution in [3.05, 3.63) is 53.8 Å². The Balaban J connectivity index is 1.24. The molecule has 9 heteroatoms. The van der Waals surface area contributed by atoms with Crippen LogP contribution in [-0.4, -0.2) is 65.0 Å². The summed E-state index contributed by atoms with van der Waals surface area (Å²) < 4.78 is 42.2. The maximum absolute atomic E-state index is 14.0. The van der Waals surface area contributed by atoms with Crippen LogP contribution >= 0.6 is 0 Å². The second-order valence-corrected chi connectivity index (χ2v) is 10.2. The fourth-order valence-electron chi connectivity index (χ4n) is 4.51. The third-order valence-corrected chi connectivity index (χ3v) is 7.83. The van der Waals surface area contributed by atoms with Gasteiger partial charge >= 0.3 is 0 Å². The van der Waals surface area contributed by atoms with E-state index in [1.54, 1.807) is 35.2 Å². The first kappa shape index (κ1) is 23.7. The van der Waals surface area contributed by atoms with Gasteiger partial charge in [0.1, 0.15) is 5.82 Å². The number of hydrogen-bond acceptors (Lipinski definition) is 5. The molecule has 2 aromatic carbocycles. The Morgan fingerprint density at radius 2 is 1.79 bits per heavy atom. The molecule has 1 fully saturated rings. The van der Waals surface area contributed by atoms with Gasteiger partial charge in [-0.25, -0.2) is 17.5 Å². The van der Waals surface area contributed by atoms with Gasteiger partial charge < -0.3 is 9.80 Å². The van der Waals surface area contributed by atoms with Crippen LogP contribution in [0, 0.1) is 5.82 Å². The minimum Gasteiger partial charge on any atom is -0.367 e. The number of amides is 1. The summed E-state index contributed by atoms with van der Waals surface area (Å²) in [5.41, 5.74) is 2.35. The Morgan fingerprint density at radius 3 is 2.52 bits per heavy atom. The first-order valence-corrected chi connectivity index (χ1v) is 13.0. The molecule has 1 saturated heterocycles. The summed E-state index contributed by atoms with van der Waals surface area (Å²) in [6, 6.07) is 11.8. The van der Waals surface area contributed by atoms with Gasteiger partial charge in [0.15, 0.2) is 0 Å². The number of fused-ring (bicyclic) bond motifs is 1. The lowest BCUT2D eigenvalue weighted by molar-refractivity contribution is -0.118. The Hall–Kier alpha value is -2.49. The summed E-state index contributed by atoms with van der Waals surface area (Å²) in [7, 11) is -3.60. The van der Waals surface area contributed by atoms with Gasteiger partial charge in [-0.05, 0) is 55.3 Å². The van der Waals surface area contributed by atoms with Gasteiger partial charge in [-0.15, -0.1) is 0 Å². The van der Waals surface area contributed by atoms with Crippen LogP contribution in [0.4, 0.5) is 15.8 Å². The highest BCUT2D eigenvalue weighted by molar-refractivity contribution is 7.89. The van der Waals surface area contributed by atoms with Gasteiger partial charge in [0.25, 0.3) is 0 Å². The zero-order valence-electron chi connectivity index (χ0n) is 19.0. The van der Waals surface area contributed by atoms with Gasteiger partial charge in [0.2, 0.25) is 15.9 Å². The third-order valence-electron chi connectivity index (χ3n) is 6.37. The molecular formula is C24H31FN4O3S. The normalized spacial score (nSPS) is 16.8. The quantitative estimate of drug-likeness (QED) is 0.596. The van der Waals surface area contributed by atoms with Gasteiger partial charge in [0, 0.05) is 51.4 Å². The van der Waals surface area contributed by atoms with Crippen LogP contribution in [-0.2, 0) is 21.2 Å². The topological polar surface area (TPSA) is 73.0 Å². The number of para-hydroxylation sites is 1. The van der Waals surface area contributed by atoms with Crippen molar-refractivity contribution in [3.8, 4) is 0 Å². The number of hydrogen-bond donors (Lipinski definition) is 1. The average Bonchev–Trinajstić information content (AvgIpc) is 3.26. The maximum Gasteiger partial charge on any atom is 0.240 e. The van der Waals surface area contributed by atoms with Gasteiger partial charge in [-0.1, -0.05) is 19.1 Å². The number of nitrogens with zero attached hydrogens (tertiary/aromatic N) is 3. The molecule has 2 aliphatic heterocycles. The van der Waals surface area contributed by atoms with E-state index in [0.717, 1.165) is 44.0 Å². The average molecular weight is 475 g/mol. The van der Waals surface area contributed by atoms with Crippen LogP contribution in [0.25, 0.3) is 0 Å². The van der Waals surface area contributed by atoms with Crippen molar-refractivity contribution in [2.45, 2.75) is 31.1 Å². The molecule has 0 saturated carbocycles. The van der Waals surface area contributed by atoms with Crippen molar-refractivity contribution in [2.75, 3.05) is 55.6 Å². The number of carbonyl (C=O) groups excluding carboxylic acids is 1. The summed E-state index contributed by atoms with van der Waals surface area (Å²) in [5.74, 6) is -0.145. The molecule has 0 unspecified atom stereocenters. The van der Waals surface area contributed by atoms with Crippen LogP contribution < -0.4 is 14.5 Å². The summed E-state index contributed by atoms with van der Waals surface area (Å²) in [5, 5.41) is 0. The summed E-state index contributed by atoms with van der Waals surface area (Å²) in [6.45, 7) is 6.70. The number of carbonyl (C=O) groups is 1. The molecule has 2 aromatic rings. The van der Waals surface area contributed by atoms with E-state index in [2.05, 4.69) is 14.5 Å². The molecule has 1 N–H and O–H groups in total. The molecule has 0 spiro atoms. The van der Waals surface area contributed by atoms with E-state index >= 15 is 0 Å². The minimum absolute atomic E-state index is 0.0530. The van der Waals surface area contributed by atoms with Crippen molar-refractivity contribution >= 4 is 27.3 Å². The highest BCUT2D eigenvalue weighted by Crippen LogP contribution is 2.30. The maximum atomic E-state index is 14.0. The molecule has 7 nitrogen and oxygen atoms in total. The molecule has 0 atom stereocenters. The number of anilines is 2. The number of sulfonamides is 1. The molecule has 0 aromatic heterocycles. The first-order valence-electron chi connectivity index (χ1n) is 11.5. The van der Waals surface area contributed by atoms with Crippen molar-refractivity contribution in [1.82, 2.24) is 9.62 Å². The van der Waals surface area contributed by atoms with Crippen molar-refractivity contribution < 1.29 is 17.6 Å². The third kappa shape index (κ3) is 5.37. The molecule has 2 heterocycles. The summed E-state index contributed by atoms with van der Waals surface area (Å²) in [4.78, 5) is 18.3. The lowest BCUT2D eigenvalue weighted by atomic mass is 10.2.